The molecule has 3 aromatic rings. The summed E-state index contributed by atoms with van der Waals surface area (Å²) >= 11 is 0.338. The molecule has 11 nitrogen and oxygen atoms in total. The first-order valence-electron chi connectivity index (χ1n) is 17.5. The first-order valence-corrected chi connectivity index (χ1v) is 20.3. The Morgan fingerprint density at radius 2 is 1.82 bits per heavy atom. The average molecular weight is 826 g/mol. The summed E-state index contributed by atoms with van der Waals surface area (Å²) in [5.41, 5.74) is -4.34. The number of halogens is 6. The van der Waals surface area contributed by atoms with Crippen molar-refractivity contribution in [3.8, 4) is 11.8 Å². The van der Waals surface area contributed by atoms with Crippen LogP contribution in [0.2, 0.25) is 0 Å². The van der Waals surface area contributed by atoms with Gasteiger partial charge in [-0.05, 0) is 55.9 Å². The number of carbonyl (C=O) groups excluding carboxylic acids is 3. The molecule has 2 saturated heterocycles. The second-order valence-electron chi connectivity index (χ2n) is 13.7. The number of hydrogen-bond donors (Lipinski definition) is 1. The molecule has 0 radical (unpaired) electrons. The van der Waals surface area contributed by atoms with E-state index in [0.717, 1.165) is 35.0 Å². The second-order valence-corrected chi connectivity index (χ2v) is 16.4. The molecule has 0 aliphatic carbocycles. The molecule has 56 heavy (non-hydrogen) atoms. The van der Waals surface area contributed by atoms with Crippen molar-refractivity contribution in [3.63, 3.8) is 0 Å². The molecule has 1 N–H and O–H groups in total. The minimum atomic E-state index is -4.92. The molecule has 0 spiro atoms. The summed E-state index contributed by atoms with van der Waals surface area (Å²) in [6, 6.07) is 11.4. The summed E-state index contributed by atoms with van der Waals surface area (Å²) in [6.07, 6.45) is -6.91. The van der Waals surface area contributed by atoms with Crippen LogP contribution in [0, 0.1) is 23.5 Å². The maximum atomic E-state index is 15.0. The van der Waals surface area contributed by atoms with Gasteiger partial charge in [0, 0.05) is 61.9 Å². The van der Waals surface area contributed by atoms with Gasteiger partial charge in [0.05, 0.1) is 34.9 Å². The summed E-state index contributed by atoms with van der Waals surface area (Å²) in [5, 5.41) is 11.6. The van der Waals surface area contributed by atoms with Crippen LogP contribution in [0.25, 0.3) is 0 Å². The Kier molecular flexibility index (Phi) is 12.3. The largest absolute Gasteiger partial charge is 0.474 e. The number of aryl methyl sites for hydroxylation is 1. The van der Waals surface area contributed by atoms with E-state index in [0.29, 0.717) is 35.0 Å². The molecule has 300 valence electrons. The Morgan fingerprint density at radius 1 is 1.11 bits per heavy atom. The van der Waals surface area contributed by atoms with Gasteiger partial charge >= 0.3 is 12.4 Å². The maximum Gasteiger partial charge on any atom is 0.425 e. The molecule has 0 saturated carbocycles. The van der Waals surface area contributed by atoms with Crippen LogP contribution in [-0.2, 0) is 43.8 Å². The highest BCUT2D eigenvalue weighted by Gasteiger charge is 2.57. The lowest BCUT2D eigenvalue weighted by Crippen LogP contribution is -2.68. The number of carbonyl (C=O) groups is 3. The molecule has 19 heteroatoms. The number of hydrogen-bond acceptors (Lipinski definition) is 9. The highest BCUT2D eigenvalue weighted by molar-refractivity contribution is 7.89. The molecular formula is C37H37F6N5O6S2. The fraction of sp³-hybridized carbons (Fsp3) is 0.486. The van der Waals surface area contributed by atoms with Crippen LogP contribution in [0.15, 0.2) is 42.0 Å². The van der Waals surface area contributed by atoms with Crippen molar-refractivity contribution in [2.75, 3.05) is 25.9 Å². The Hall–Kier alpha value is -4.88. The smallest absolute Gasteiger partial charge is 0.425 e. The van der Waals surface area contributed by atoms with Gasteiger partial charge in [0.1, 0.15) is 10.6 Å². The molecule has 2 aliphatic heterocycles. The van der Waals surface area contributed by atoms with Crippen molar-refractivity contribution in [2.24, 2.45) is 0 Å². The van der Waals surface area contributed by atoms with Crippen molar-refractivity contribution in [3.05, 3.63) is 81.3 Å². The van der Waals surface area contributed by atoms with E-state index < -0.39 is 73.2 Å². The van der Waals surface area contributed by atoms with E-state index in [1.165, 1.54) is 11.0 Å². The number of nitrogens with zero attached hydrogens (tertiary/aromatic N) is 4. The van der Waals surface area contributed by atoms with Crippen molar-refractivity contribution >= 4 is 39.1 Å². The molecule has 2 atom stereocenters. The van der Waals surface area contributed by atoms with Crippen LogP contribution in [-0.4, -0.2) is 78.5 Å². The number of alkyl halides is 6. The van der Waals surface area contributed by atoms with Gasteiger partial charge < -0.3 is 14.5 Å². The van der Waals surface area contributed by atoms with Crippen LogP contribution in [0.5, 0.6) is 5.75 Å². The highest BCUT2D eigenvalue weighted by Crippen LogP contribution is 2.44. The standard InChI is InChI=1S/C37H37F6N5O6S2/c1-3-7-29-35(54-25-20-30(55-22-25)37(41,42)43,13-6-17-48(29)32(50)26-21-45-16-12-28(26)36(38,39)40)33(51)47-18-14-34(23-44,15-19-47)27-9-5-4-8-24(27)10-11-31(49)46-56(2,52)53/h4,8,12,16,20-22,29H,3,6-7,10-11,13-15,17-19H2,1-2H3,(H,46,49)/t29-,35+/m1/s1. The van der Waals surface area contributed by atoms with Crippen molar-refractivity contribution < 1.29 is 53.9 Å². The number of piperidine rings is 2. The van der Waals surface area contributed by atoms with Gasteiger partial charge in [-0.2, -0.15) is 31.6 Å². The molecule has 0 bridgehead atoms. The van der Waals surface area contributed by atoms with E-state index in [2.05, 4.69) is 23.2 Å². The molecule has 4 heterocycles. The third-order valence-corrected chi connectivity index (χ3v) is 11.5. The topological polar surface area (TPSA) is 150 Å². The van der Waals surface area contributed by atoms with Crippen LogP contribution in [0.3, 0.4) is 0 Å². The van der Waals surface area contributed by atoms with E-state index in [9.17, 15) is 54.4 Å². The normalized spacial score (nSPS) is 20.1. The van der Waals surface area contributed by atoms with E-state index >= 15 is 0 Å². The second kappa shape index (κ2) is 16.3. The SMILES string of the molecule is CCC[C@H]1N(C(=O)c2cnccc2C(F)(F)F)CCC[C@@]1(Oc1csc(C(F)(F)F)c1)C(=O)N1CCC(C#N)(c2c#cccc2CCC(=O)NS(C)(=O)=O)CC1. The van der Waals surface area contributed by atoms with Crippen molar-refractivity contribution in [2.45, 2.75) is 87.7 Å². The number of nitriles is 1. The number of aromatic nitrogens is 1. The first-order chi connectivity index (χ1) is 26.2. The lowest BCUT2D eigenvalue weighted by atomic mass is 9.71. The minimum Gasteiger partial charge on any atom is -0.474 e. The Labute approximate surface area is 323 Å². The van der Waals surface area contributed by atoms with Crippen LogP contribution in [0.1, 0.15) is 83.8 Å². The third-order valence-electron chi connectivity index (χ3n) is 9.96. The van der Waals surface area contributed by atoms with Gasteiger partial charge in [0.15, 0.2) is 0 Å². The zero-order chi connectivity index (χ0) is 41.1. The summed E-state index contributed by atoms with van der Waals surface area (Å²) in [4.78, 5) is 46.5. The molecule has 2 aliphatic rings. The van der Waals surface area contributed by atoms with Crippen LogP contribution in [0.4, 0.5) is 26.3 Å². The maximum absolute atomic E-state index is 15.0. The Balaban J connectivity index is 1.50. The third kappa shape index (κ3) is 9.05. The minimum absolute atomic E-state index is 0.0323. The summed E-state index contributed by atoms with van der Waals surface area (Å²) < 4.78 is 115. The molecule has 1 aromatic carbocycles. The van der Waals surface area contributed by atoms with E-state index in [-0.39, 0.29) is 70.3 Å². The number of rotatable bonds is 11. The fourth-order valence-electron chi connectivity index (χ4n) is 7.44. The predicted molar refractivity (Wildman–Crippen MR) is 189 cm³/mol. The van der Waals surface area contributed by atoms with E-state index in [4.69, 9.17) is 4.74 Å². The van der Waals surface area contributed by atoms with E-state index in [1.807, 2.05) is 4.72 Å². The van der Waals surface area contributed by atoms with E-state index in [1.54, 1.807) is 13.0 Å². The Morgan fingerprint density at radius 3 is 2.43 bits per heavy atom. The average Bonchev–Trinajstić information content (AvgIpc) is 3.62. The van der Waals surface area contributed by atoms with Gasteiger partial charge in [-0.25, -0.2) is 8.42 Å². The van der Waals surface area contributed by atoms with Gasteiger partial charge in [-0.3, -0.25) is 24.1 Å². The number of sulfonamides is 1. The number of thiophene rings is 1. The monoisotopic (exact) mass is 825 g/mol. The zero-order valence-electron chi connectivity index (χ0n) is 30.2. The molecule has 2 fully saturated rings. The van der Waals surface area contributed by atoms with Gasteiger partial charge in [-0.15, -0.1) is 11.3 Å². The molecule has 0 unspecified atom stereocenters. The van der Waals surface area contributed by atoms with Crippen LogP contribution >= 0.6 is 11.3 Å². The zero-order valence-corrected chi connectivity index (χ0v) is 31.9. The lowest BCUT2D eigenvalue weighted by molar-refractivity contribution is -0.160. The predicted octanol–water partition coefficient (Wildman–Crippen LogP) is 6.10. The number of pyridine rings is 1. The number of nitrogens with one attached hydrogen (secondary N) is 1. The van der Waals surface area contributed by atoms with Crippen LogP contribution < -0.4 is 9.46 Å². The number of ether oxygens (including phenoxy) is 1. The number of amides is 3. The lowest BCUT2D eigenvalue weighted by Gasteiger charge is -2.51. The van der Waals surface area contributed by atoms with Crippen molar-refractivity contribution in [1.82, 2.24) is 19.5 Å². The summed E-state index contributed by atoms with van der Waals surface area (Å²) in [5.74, 6) is -2.83. The quantitative estimate of drug-likeness (QED) is 0.228. The summed E-state index contributed by atoms with van der Waals surface area (Å²) in [6.45, 7) is 1.51. The molecule has 5 rings (SSSR count). The van der Waals surface area contributed by atoms with Crippen molar-refractivity contribution in [1.29, 1.82) is 5.26 Å². The number of likely N-dealkylation sites (tertiary alicyclic amines) is 2. The molecule has 3 amide bonds. The summed E-state index contributed by atoms with van der Waals surface area (Å²) in [7, 11) is -3.80. The van der Waals surface area contributed by atoms with Gasteiger partial charge in [-0.1, -0.05) is 25.5 Å². The highest BCUT2D eigenvalue weighted by atomic mass is 32.2. The molecule has 2 aromatic heterocycles. The Bertz CT molecular complexity index is 2090. The fourth-order valence-corrected chi connectivity index (χ4v) is 8.63. The molecular weight excluding hydrogens is 789 g/mol. The van der Waals surface area contributed by atoms with Gasteiger partial charge in [0.2, 0.25) is 21.5 Å². The first kappa shape index (κ1) is 42.3. The van der Waals surface area contributed by atoms with Gasteiger partial charge in [0.25, 0.3) is 11.8 Å².